The quantitative estimate of drug-likeness (QED) is 0.874. The molecule has 0 amide bonds. The molecule has 1 aromatic carbocycles. The predicted octanol–water partition coefficient (Wildman–Crippen LogP) is 3.53. The first kappa shape index (κ1) is 13.4. The van der Waals surface area contributed by atoms with Crippen LogP contribution in [-0.4, -0.2) is 31.1 Å². The highest BCUT2D eigenvalue weighted by molar-refractivity contribution is 5.44. The summed E-state index contributed by atoms with van der Waals surface area (Å²) in [5.74, 6) is 0. The van der Waals surface area contributed by atoms with Crippen LogP contribution >= 0.6 is 0 Å². The maximum Gasteiger partial charge on any atom is 0.0340 e. The van der Waals surface area contributed by atoms with Crippen LogP contribution in [0.15, 0.2) is 24.3 Å². The molecule has 0 atom stereocenters. The maximum atomic E-state index is 3.50. The summed E-state index contributed by atoms with van der Waals surface area (Å²) in [7, 11) is 0. The minimum atomic E-state index is 0.502. The van der Waals surface area contributed by atoms with E-state index in [-0.39, 0.29) is 0 Å². The molecule has 0 saturated carbocycles. The third-order valence-corrected chi connectivity index (χ3v) is 3.79. The Hall–Kier alpha value is -1.02. The Morgan fingerprint density at radius 3 is 2.61 bits per heavy atom. The highest BCUT2D eigenvalue weighted by Gasteiger charge is 2.25. The van der Waals surface area contributed by atoms with Gasteiger partial charge in [0.15, 0.2) is 0 Å². The lowest BCUT2D eigenvalue weighted by atomic mass is 9.84. The first-order valence-electron chi connectivity index (χ1n) is 7.08. The SMILES string of the molecule is Cc1ccc(NCCN2CCCC(C)(C)C2)cc1. The van der Waals surface area contributed by atoms with Crippen LogP contribution in [0.1, 0.15) is 32.3 Å². The Morgan fingerprint density at radius 2 is 1.94 bits per heavy atom. The van der Waals surface area contributed by atoms with Gasteiger partial charge in [-0.05, 0) is 43.9 Å². The van der Waals surface area contributed by atoms with Gasteiger partial charge in [0.1, 0.15) is 0 Å². The number of anilines is 1. The third-order valence-electron chi connectivity index (χ3n) is 3.79. The molecule has 1 aromatic rings. The zero-order chi connectivity index (χ0) is 13.0. The number of benzene rings is 1. The van der Waals surface area contributed by atoms with Gasteiger partial charge in [0, 0.05) is 25.3 Å². The number of rotatable bonds is 4. The Kier molecular flexibility index (Phi) is 4.28. The highest BCUT2D eigenvalue weighted by Crippen LogP contribution is 2.27. The minimum absolute atomic E-state index is 0.502. The second-order valence-corrected chi connectivity index (χ2v) is 6.34. The smallest absolute Gasteiger partial charge is 0.0340 e. The third kappa shape index (κ3) is 4.02. The zero-order valence-corrected chi connectivity index (χ0v) is 12.0. The highest BCUT2D eigenvalue weighted by atomic mass is 15.1. The number of nitrogens with zero attached hydrogens (tertiary/aromatic N) is 1. The molecular formula is C16H26N2. The van der Waals surface area contributed by atoms with Crippen LogP contribution in [0.4, 0.5) is 5.69 Å². The van der Waals surface area contributed by atoms with Crippen molar-refractivity contribution >= 4 is 5.69 Å². The van der Waals surface area contributed by atoms with Crippen molar-refractivity contribution in [3.63, 3.8) is 0 Å². The molecule has 100 valence electrons. The van der Waals surface area contributed by atoms with E-state index < -0.39 is 0 Å². The fourth-order valence-corrected chi connectivity index (χ4v) is 2.77. The number of nitrogens with one attached hydrogen (secondary N) is 1. The van der Waals surface area contributed by atoms with Crippen LogP contribution in [0.25, 0.3) is 0 Å². The van der Waals surface area contributed by atoms with E-state index >= 15 is 0 Å². The summed E-state index contributed by atoms with van der Waals surface area (Å²) >= 11 is 0. The average molecular weight is 246 g/mol. The molecule has 2 rings (SSSR count). The maximum absolute atomic E-state index is 3.50. The topological polar surface area (TPSA) is 15.3 Å². The summed E-state index contributed by atoms with van der Waals surface area (Å²) < 4.78 is 0. The van der Waals surface area contributed by atoms with E-state index in [9.17, 15) is 0 Å². The Morgan fingerprint density at radius 1 is 1.22 bits per heavy atom. The van der Waals surface area contributed by atoms with E-state index in [1.54, 1.807) is 0 Å². The molecule has 18 heavy (non-hydrogen) atoms. The first-order valence-corrected chi connectivity index (χ1v) is 7.08. The monoisotopic (exact) mass is 246 g/mol. The van der Waals surface area contributed by atoms with Gasteiger partial charge in [0.05, 0.1) is 0 Å². The van der Waals surface area contributed by atoms with Crippen molar-refractivity contribution in [3.05, 3.63) is 29.8 Å². The normalized spacial score (nSPS) is 19.7. The molecule has 2 heteroatoms. The lowest BCUT2D eigenvalue weighted by molar-refractivity contribution is 0.122. The molecule has 0 spiro atoms. The van der Waals surface area contributed by atoms with Gasteiger partial charge in [-0.15, -0.1) is 0 Å². The van der Waals surface area contributed by atoms with E-state index in [4.69, 9.17) is 0 Å². The van der Waals surface area contributed by atoms with Crippen LogP contribution in [0, 0.1) is 12.3 Å². The van der Waals surface area contributed by atoms with Crippen molar-refractivity contribution in [3.8, 4) is 0 Å². The molecule has 1 N–H and O–H groups in total. The fraction of sp³-hybridized carbons (Fsp3) is 0.625. The average Bonchev–Trinajstić information content (AvgIpc) is 2.30. The molecular weight excluding hydrogens is 220 g/mol. The van der Waals surface area contributed by atoms with Gasteiger partial charge in [-0.3, -0.25) is 0 Å². The fourth-order valence-electron chi connectivity index (χ4n) is 2.77. The largest absolute Gasteiger partial charge is 0.384 e. The lowest BCUT2D eigenvalue weighted by Crippen LogP contribution is -2.42. The molecule has 1 aliphatic rings. The van der Waals surface area contributed by atoms with Crippen LogP contribution in [0.3, 0.4) is 0 Å². The van der Waals surface area contributed by atoms with Crippen LogP contribution in [0.2, 0.25) is 0 Å². The molecule has 0 unspecified atom stereocenters. The number of likely N-dealkylation sites (tertiary alicyclic amines) is 1. The van der Waals surface area contributed by atoms with Gasteiger partial charge in [-0.25, -0.2) is 0 Å². The van der Waals surface area contributed by atoms with Gasteiger partial charge in [0.2, 0.25) is 0 Å². The summed E-state index contributed by atoms with van der Waals surface area (Å²) in [6.45, 7) is 11.6. The Bertz CT molecular complexity index is 367. The summed E-state index contributed by atoms with van der Waals surface area (Å²) in [5, 5.41) is 3.50. The van der Waals surface area contributed by atoms with Gasteiger partial charge >= 0.3 is 0 Å². The van der Waals surface area contributed by atoms with Gasteiger partial charge in [-0.1, -0.05) is 31.5 Å². The van der Waals surface area contributed by atoms with Gasteiger partial charge in [0.25, 0.3) is 0 Å². The van der Waals surface area contributed by atoms with Gasteiger partial charge < -0.3 is 10.2 Å². The van der Waals surface area contributed by atoms with Crippen LogP contribution in [0.5, 0.6) is 0 Å². The second-order valence-electron chi connectivity index (χ2n) is 6.34. The van der Waals surface area contributed by atoms with Crippen molar-refractivity contribution < 1.29 is 0 Å². The van der Waals surface area contributed by atoms with Crippen molar-refractivity contribution in [2.75, 3.05) is 31.5 Å². The van der Waals surface area contributed by atoms with Crippen molar-refractivity contribution in [2.24, 2.45) is 5.41 Å². The van der Waals surface area contributed by atoms with Crippen molar-refractivity contribution in [1.29, 1.82) is 0 Å². The standard InChI is InChI=1S/C16H26N2/c1-14-5-7-15(8-6-14)17-10-12-18-11-4-9-16(2,3)13-18/h5-8,17H,4,9-13H2,1-3H3. The lowest BCUT2D eigenvalue weighted by Gasteiger charge is -2.38. The summed E-state index contributed by atoms with van der Waals surface area (Å²) in [4.78, 5) is 2.59. The van der Waals surface area contributed by atoms with E-state index in [1.807, 2.05) is 0 Å². The van der Waals surface area contributed by atoms with Crippen molar-refractivity contribution in [2.45, 2.75) is 33.6 Å². The number of hydrogen-bond acceptors (Lipinski definition) is 2. The Balaban J connectivity index is 1.73. The first-order chi connectivity index (χ1) is 8.55. The second kappa shape index (κ2) is 5.75. The molecule has 0 aromatic heterocycles. The minimum Gasteiger partial charge on any atom is -0.384 e. The van der Waals surface area contributed by atoms with Gasteiger partial charge in [-0.2, -0.15) is 0 Å². The summed E-state index contributed by atoms with van der Waals surface area (Å²) in [6.07, 6.45) is 2.71. The molecule has 1 aliphatic heterocycles. The van der Waals surface area contributed by atoms with Crippen LogP contribution < -0.4 is 5.32 Å². The number of hydrogen-bond donors (Lipinski definition) is 1. The molecule has 0 bridgehead atoms. The van der Waals surface area contributed by atoms with E-state index in [1.165, 1.54) is 37.2 Å². The summed E-state index contributed by atoms with van der Waals surface area (Å²) in [5.41, 5.74) is 3.05. The summed E-state index contributed by atoms with van der Waals surface area (Å²) in [6, 6.07) is 8.64. The molecule has 1 saturated heterocycles. The molecule has 2 nitrogen and oxygen atoms in total. The molecule has 1 heterocycles. The van der Waals surface area contributed by atoms with Crippen molar-refractivity contribution in [1.82, 2.24) is 4.90 Å². The molecule has 0 radical (unpaired) electrons. The van der Waals surface area contributed by atoms with E-state index in [0.717, 1.165) is 13.1 Å². The van der Waals surface area contributed by atoms with E-state index in [2.05, 4.69) is 55.3 Å². The molecule has 1 fully saturated rings. The zero-order valence-electron chi connectivity index (χ0n) is 12.0. The predicted molar refractivity (Wildman–Crippen MR) is 79.1 cm³/mol. The van der Waals surface area contributed by atoms with Crippen LogP contribution in [-0.2, 0) is 0 Å². The molecule has 0 aliphatic carbocycles. The Labute approximate surface area is 111 Å². The van der Waals surface area contributed by atoms with E-state index in [0.29, 0.717) is 5.41 Å². The number of piperidine rings is 1. The number of aryl methyl sites for hydroxylation is 1.